The Morgan fingerprint density at radius 2 is 2.39 bits per heavy atom. The largest absolute Gasteiger partial charge is 0.316 e. The average molecular weight is 305 g/mol. The minimum Gasteiger partial charge on any atom is -0.316 e. The normalized spacial score (nSPS) is 19.9. The smallest absolute Gasteiger partial charge is 0.166 e. The van der Waals surface area contributed by atoms with Gasteiger partial charge in [0.2, 0.25) is 0 Å². The number of aromatic nitrogens is 2. The van der Waals surface area contributed by atoms with Crippen molar-refractivity contribution in [1.82, 2.24) is 14.7 Å². The van der Waals surface area contributed by atoms with Gasteiger partial charge in [0, 0.05) is 23.1 Å². The molecule has 1 fully saturated rings. The molecule has 5 heteroatoms. The third-order valence-corrected chi connectivity index (χ3v) is 3.87. The van der Waals surface area contributed by atoms with Crippen LogP contribution in [0.15, 0.2) is 22.8 Å². The monoisotopic (exact) mass is 304 g/mol. The van der Waals surface area contributed by atoms with E-state index in [2.05, 4.69) is 32.3 Å². The number of fused-ring (bicyclic) bond motifs is 1. The van der Waals surface area contributed by atoms with Crippen molar-refractivity contribution in [3.63, 3.8) is 0 Å². The van der Waals surface area contributed by atoms with E-state index in [0.29, 0.717) is 11.6 Å². The van der Waals surface area contributed by atoms with Crippen LogP contribution in [0, 0.1) is 11.3 Å². The second-order valence-electron chi connectivity index (χ2n) is 4.58. The van der Waals surface area contributed by atoms with Crippen molar-refractivity contribution in [3.8, 4) is 6.07 Å². The van der Waals surface area contributed by atoms with Crippen molar-refractivity contribution in [1.29, 1.82) is 5.26 Å². The Hall–Kier alpha value is -1.38. The van der Waals surface area contributed by atoms with Gasteiger partial charge in [-0.2, -0.15) is 5.26 Å². The number of nitrogens with zero attached hydrogens (tertiary/aromatic N) is 3. The van der Waals surface area contributed by atoms with E-state index < -0.39 is 0 Å². The van der Waals surface area contributed by atoms with Crippen LogP contribution in [0.4, 0.5) is 0 Å². The predicted molar refractivity (Wildman–Crippen MR) is 72.5 cm³/mol. The zero-order valence-corrected chi connectivity index (χ0v) is 11.4. The zero-order valence-electron chi connectivity index (χ0n) is 9.86. The minimum absolute atomic E-state index is 0.391. The number of imidazole rings is 1. The summed E-state index contributed by atoms with van der Waals surface area (Å²) in [6, 6.07) is 6.07. The van der Waals surface area contributed by atoms with E-state index in [1.165, 1.54) is 0 Å². The molecule has 92 valence electrons. The molecule has 0 radical (unpaired) electrons. The fraction of sp³-hybridized carbons (Fsp3) is 0.385. The van der Waals surface area contributed by atoms with Crippen molar-refractivity contribution in [2.24, 2.45) is 0 Å². The lowest BCUT2D eigenvalue weighted by Crippen LogP contribution is -2.29. The molecule has 1 unspecified atom stereocenters. The van der Waals surface area contributed by atoms with Crippen LogP contribution < -0.4 is 5.32 Å². The highest BCUT2D eigenvalue weighted by Gasteiger charge is 2.21. The van der Waals surface area contributed by atoms with E-state index in [-0.39, 0.29) is 0 Å². The van der Waals surface area contributed by atoms with Crippen molar-refractivity contribution >= 4 is 21.4 Å². The highest BCUT2D eigenvalue weighted by Crippen LogP contribution is 2.26. The number of nitrogens with one attached hydrogen (secondary N) is 1. The van der Waals surface area contributed by atoms with E-state index in [1.54, 1.807) is 0 Å². The summed E-state index contributed by atoms with van der Waals surface area (Å²) in [7, 11) is 0. The van der Waals surface area contributed by atoms with Crippen molar-refractivity contribution in [2.45, 2.75) is 18.8 Å². The first-order chi connectivity index (χ1) is 8.79. The summed E-state index contributed by atoms with van der Waals surface area (Å²) in [5, 5.41) is 12.6. The number of hydrogen-bond acceptors (Lipinski definition) is 3. The van der Waals surface area contributed by atoms with Gasteiger partial charge < -0.3 is 9.72 Å². The standard InChI is InChI=1S/C13H13BrN4/c14-10-3-4-12-11(6-15)17-13(18(12)8-10)9-2-1-5-16-7-9/h3-4,8-9,16H,1-2,5,7H2. The molecule has 4 nitrogen and oxygen atoms in total. The van der Waals surface area contributed by atoms with Gasteiger partial charge in [-0.3, -0.25) is 0 Å². The lowest BCUT2D eigenvalue weighted by atomic mass is 9.99. The first kappa shape index (κ1) is 11.7. The number of pyridine rings is 1. The molecule has 1 N–H and O–H groups in total. The van der Waals surface area contributed by atoms with Gasteiger partial charge in [0.15, 0.2) is 5.69 Å². The van der Waals surface area contributed by atoms with E-state index in [1.807, 2.05) is 22.7 Å². The minimum atomic E-state index is 0.391. The molecule has 3 heterocycles. The molecule has 0 bridgehead atoms. The Morgan fingerprint density at radius 1 is 1.50 bits per heavy atom. The summed E-state index contributed by atoms with van der Waals surface area (Å²) >= 11 is 3.47. The molecule has 18 heavy (non-hydrogen) atoms. The molecule has 2 aromatic heterocycles. The lowest BCUT2D eigenvalue weighted by molar-refractivity contribution is 0.445. The molecule has 3 rings (SSSR count). The fourth-order valence-corrected chi connectivity index (χ4v) is 2.86. The third-order valence-electron chi connectivity index (χ3n) is 3.40. The zero-order chi connectivity index (χ0) is 12.5. The molecule has 0 aliphatic carbocycles. The molecule has 0 aromatic carbocycles. The van der Waals surface area contributed by atoms with Gasteiger partial charge in [0.1, 0.15) is 11.9 Å². The van der Waals surface area contributed by atoms with E-state index in [9.17, 15) is 0 Å². The summed E-state index contributed by atoms with van der Waals surface area (Å²) < 4.78 is 3.04. The maximum atomic E-state index is 9.16. The Balaban J connectivity index is 2.16. The third kappa shape index (κ3) is 1.92. The van der Waals surface area contributed by atoms with Gasteiger partial charge in [-0.15, -0.1) is 0 Å². The number of hydrogen-bond donors (Lipinski definition) is 1. The van der Waals surface area contributed by atoms with Crippen molar-refractivity contribution in [2.75, 3.05) is 13.1 Å². The van der Waals surface area contributed by atoms with Crippen LogP contribution in [-0.4, -0.2) is 22.5 Å². The number of rotatable bonds is 1. The number of halogens is 1. The second-order valence-corrected chi connectivity index (χ2v) is 5.49. The van der Waals surface area contributed by atoms with Gasteiger partial charge >= 0.3 is 0 Å². The first-order valence-corrected chi connectivity index (χ1v) is 6.87. The maximum Gasteiger partial charge on any atom is 0.166 e. The summed E-state index contributed by atoms with van der Waals surface area (Å²) in [6.45, 7) is 2.02. The van der Waals surface area contributed by atoms with Gasteiger partial charge in [-0.25, -0.2) is 4.98 Å². The van der Waals surface area contributed by atoms with Crippen LogP contribution in [0.5, 0.6) is 0 Å². The van der Waals surface area contributed by atoms with Crippen LogP contribution >= 0.6 is 15.9 Å². The van der Waals surface area contributed by atoms with Crippen LogP contribution in [-0.2, 0) is 0 Å². The Morgan fingerprint density at radius 3 is 3.11 bits per heavy atom. The Bertz CT molecular complexity index is 620. The van der Waals surface area contributed by atoms with Gasteiger partial charge in [-0.1, -0.05) is 0 Å². The average Bonchev–Trinajstić information content (AvgIpc) is 2.77. The molecule has 1 aliphatic heterocycles. The summed E-state index contributed by atoms with van der Waals surface area (Å²) in [4.78, 5) is 4.51. The maximum absolute atomic E-state index is 9.16. The topological polar surface area (TPSA) is 53.1 Å². The summed E-state index contributed by atoms with van der Waals surface area (Å²) in [5.74, 6) is 1.39. The molecular formula is C13H13BrN4. The summed E-state index contributed by atoms with van der Waals surface area (Å²) in [5.41, 5.74) is 1.41. The molecule has 0 spiro atoms. The predicted octanol–water partition coefficient (Wildman–Crippen LogP) is 2.44. The van der Waals surface area contributed by atoms with E-state index in [0.717, 1.165) is 41.7 Å². The van der Waals surface area contributed by atoms with Crippen LogP contribution in [0.1, 0.15) is 30.3 Å². The first-order valence-electron chi connectivity index (χ1n) is 6.08. The SMILES string of the molecule is N#Cc1nc(C2CCCNC2)n2cc(Br)ccc12. The highest BCUT2D eigenvalue weighted by molar-refractivity contribution is 9.10. The molecule has 1 saturated heterocycles. The lowest BCUT2D eigenvalue weighted by Gasteiger charge is -2.21. The summed E-state index contributed by atoms with van der Waals surface area (Å²) in [6.07, 6.45) is 4.28. The Kier molecular flexibility index (Phi) is 3.06. The number of piperidine rings is 1. The van der Waals surface area contributed by atoms with Crippen LogP contribution in [0.3, 0.4) is 0 Å². The highest BCUT2D eigenvalue weighted by atomic mass is 79.9. The van der Waals surface area contributed by atoms with E-state index >= 15 is 0 Å². The fourth-order valence-electron chi connectivity index (χ4n) is 2.53. The van der Waals surface area contributed by atoms with Gasteiger partial charge in [-0.05, 0) is 47.4 Å². The quantitative estimate of drug-likeness (QED) is 0.880. The van der Waals surface area contributed by atoms with Crippen LogP contribution in [0.2, 0.25) is 0 Å². The van der Waals surface area contributed by atoms with Crippen molar-refractivity contribution in [3.05, 3.63) is 34.3 Å². The molecule has 1 atom stereocenters. The van der Waals surface area contributed by atoms with E-state index in [4.69, 9.17) is 5.26 Å². The molecule has 0 amide bonds. The Labute approximate surface area is 114 Å². The molecule has 2 aromatic rings. The second kappa shape index (κ2) is 4.71. The van der Waals surface area contributed by atoms with Crippen molar-refractivity contribution < 1.29 is 0 Å². The molecule has 0 saturated carbocycles. The number of nitriles is 1. The van der Waals surface area contributed by atoms with Crippen LogP contribution in [0.25, 0.3) is 5.52 Å². The molecule has 1 aliphatic rings. The van der Waals surface area contributed by atoms with Gasteiger partial charge in [0.25, 0.3) is 0 Å². The molecular weight excluding hydrogens is 292 g/mol. The van der Waals surface area contributed by atoms with Gasteiger partial charge in [0.05, 0.1) is 5.52 Å².